The van der Waals surface area contributed by atoms with Crippen molar-refractivity contribution in [2.45, 2.75) is 6.54 Å². The van der Waals surface area contributed by atoms with Gasteiger partial charge in [0, 0.05) is 19.8 Å². The van der Waals surface area contributed by atoms with Crippen LogP contribution in [0, 0.1) is 5.82 Å². The Hall–Kier alpha value is -1.69. The average Bonchev–Trinajstić information content (AvgIpc) is 2.35. The minimum Gasteiger partial charge on any atom is -0.368 e. The molecule has 0 atom stereocenters. The summed E-state index contributed by atoms with van der Waals surface area (Å²) in [5, 5.41) is 0. The van der Waals surface area contributed by atoms with Crippen molar-refractivity contribution < 1.29 is 4.39 Å². The highest BCUT2D eigenvalue weighted by Gasteiger charge is 2.09. The van der Waals surface area contributed by atoms with Gasteiger partial charge in [-0.15, -0.1) is 0 Å². The second kappa shape index (κ2) is 5.30. The largest absolute Gasteiger partial charge is 0.368 e. The predicted molar refractivity (Wildman–Crippen MR) is 72.7 cm³/mol. The highest BCUT2D eigenvalue weighted by Crippen LogP contribution is 2.23. The van der Waals surface area contributed by atoms with Crippen LogP contribution in [0.15, 0.2) is 34.9 Å². The minimum absolute atomic E-state index is 0.221. The quantitative estimate of drug-likeness (QED) is 0.946. The van der Waals surface area contributed by atoms with E-state index in [1.54, 1.807) is 18.3 Å². The number of nitrogens with zero attached hydrogens (tertiary/aromatic N) is 3. The third kappa shape index (κ3) is 2.95. The molecule has 4 nitrogen and oxygen atoms in total. The van der Waals surface area contributed by atoms with E-state index < -0.39 is 0 Å². The van der Waals surface area contributed by atoms with E-state index in [0.717, 1.165) is 10.0 Å². The zero-order valence-electron chi connectivity index (χ0n) is 9.77. The first kappa shape index (κ1) is 12.8. The smallest absolute Gasteiger partial charge is 0.222 e. The molecule has 0 amide bonds. The number of benzene rings is 1. The molecule has 0 radical (unpaired) electrons. The van der Waals surface area contributed by atoms with Gasteiger partial charge in [-0.05, 0) is 33.6 Å². The summed E-state index contributed by atoms with van der Waals surface area (Å²) in [4.78, 5) is 9.95. The molecule has 0 saturated heterocycles. The minimum atomic E-state index is -0.242. The third-order valence-electron chi connectivity index (χ3n) is 2.44. The second-order valence-corrected chi connectivity index (χ2v) is 4.74. The van der Waals surface area contributed by atoms with Crippen LogP contribution in [-0.4, -0.2) is 17.0 Å². The maximum atomic E-state index is 12.8. The molecule has 0 aliphatic carbocycles. The summed E-state index contributed by atoms with van der Waals surface area (Å²) in [6.07, 6.45) is 1.61. The van der Waals surface area contributed by atoms with E-state index in [-0.39, 0.29) is 11.8 Å². The molecule has 6 heteroatoms. The molecule has 0 saturated carbocycles. The van der Waals surface area contributed by atoms with Crippen LogP contribution in [-0.2, 0) is 6.54 Å². The molecule has 94 valence electrons. The van der Waals surface area contributed by atoms with Gasteiger partial charge in [-0.3, -0.25) is 0 Å². The lowest BCUT2D eigenvalue weighted by molar-refractivity contribution is 0.627. The summed E-state index contributed by atoms with van der Waals surface area (Å²) in [5.41, 5.74) is 6.55. The van der Waals surface area contributed by atoms with Crippen molar-refractivity contribution >= 4 is 27.7 Å². The monoisotopic (exact) mass is 310 g/mol. The number of hydrogen-bond donors (Lipinski definition) is 1. The lowest BCUT2D eigenvalue weighted by Crippen LogP contribution is -2.19. The van der Waals surface area contributed by atoms with E-state index in [9.17, 15) is 4.39 Å². The molecular weight excluding hydrogens is 299 g/mol. The summed E-state index contributed by atoms with van der Waals surface area (Å²) >= 11 is 3.37. The van der Waals surface area contributed by atoms with Crippen LogP contribution in [0.3, 0.4) is 0 Å². The van der Waals surface area contributed by atoms with Crippen molar-refractivity contribution in [2.24, 2.45) is 0 Å². The summed E-state index contributed by atoms with van der Waals surface area (Å²) in [7, 11) is 1.88. The molecule has 18 heavy (non-hydrogen) atoms. The van der Waals surface area contributed by atoms with Crippen molar-refractivity contribution in [3.63, 3.8) is 0 Å². The molecule has 1 aromatic heterocycles. The summed E-state index contributed by atoms with van der Waals surface area (Å²) in [6.45, 7) is 0.606. The summed E-state index contributed by atoms with van der Waals surface area (Å²) in [6, 6.07) is 6.35. The Balaban J connectivity index is 2.18. The Morgan fingerprint density at radius 2 is 2.00 bits per heavy atom. The number of halogens is 2. The first-order valence-electron chi connectivity index (χ1n) is 5.30. The maximum Gasteiger partial charge on any atom is 0.222 e. The van der Waals surface area contributed by atoms with Gasteiger partial charge in [-0.1, -0.05) is 12.1 Å². The molecule has 0 aliphatic rings. The zero-order valence-corrected chi connectivity index (χ0v) is 11.4. The van der Waals surface area contributed by atoms with Gasteiger partial charge in [0.1, 0.15) is 11.6 Å². The van der Waals surface area contributed by atoms with E-state index in [0.29, 0.717) is 12.4 Å². The second-order valence-electron chi connectivity index (χ2n) is 3.88. The number of anilines is 2. The molecule has 0 fully saturated rings. The van der Waals surface area contributed by atoms with Gasteiger partial charge < -0.3 is 10.6 Å². The van der Waals surface area contributed by atoms with Gasteiger partial charge in [0.25, 0.3) is 0 Å². The van der Waals surface area contributed by atoms with E-state index in [4.69, 9.17) is 5.73 Å². The predicted octanol–water partition coefficient (Wildman–Crippen LogP) is 2.60. The van der Waals surface area contributed by atoms with Gasteiger partial charge in [0.2, 0.25) is 5.95 Å². The third-order valence-corrected chi connectivity index (χ3v) is 3.00. The SMILES string of the molecule is CN(Cc1ccc(F)cc1)c1nc(N)ncc1Br. The Morgan fingerprint density at radius 1 is 1.33 bits per heavy atom. The van der Waals surface area contributed by atoms with Crippen LogP contribution in [0.2, 0.25) is 0 Å². The van der Waals surface area contributed by atoms with Gasteiger partial charge in [0.05, 0.1) is 4.47 Å². The normalized spacial score (nSPS) is 10.4. The van der Waals surface area contributed by atoms with Gasteiger partial charge in [-0.2, -0.15) is 4.98 Å². The number of rotatable bonds is 3. The van der Waals surface area contributed by atoms with Gasteiger partial charge in [-0.25, -0.2) is 9.37 Å². The maximum absolute atomic E-state index is 12.8. The van der Waals surface area contributed by atoms with Crippen LogP contribution in [0.25, 0.3) is 0 Å². The molecule has 0 aliphatic heterocycles. The first-order valence-corrected chi connectivity index (χ1v) is 6.09. The molecule has 0 bridgehead atoms. The van der Waals surface area contributed by atoms with E-state index in [1.807, 2.05) is 11.9 Å². The van der Waals surface area contributed by atoms with Crippen molar-refractivity contribution in [1.82, 2.24) is 9.97 Å². The Morgan fingerprint density at radius 3 is 2.67 bits per heavy atom. The topological polar surface area (TPSA) is 55.0 Å². The lowest BCUT2D eigenvalue weighted by atomic mass is 10.2. The molecule has 0 unspecified atom stereocenters. The molecule has 1 aromatic carbocycles. The molecule has 2 aromatic rings. The number of aromatic nitrogens is 2. The number of nitrogens with two attached hydrogens (primary N) is 1. The van der Waals surface area contributed by atoms with Crippen LogP contribution < -0.4 is 10.6 Å². The fraction of sp³-hybridized carbons (Fsp3) is 0.167. The van der Waals surface area contributed by atoms with Crippen LogP contribution in [0.4, 0.5) is 16.2 Å². The van der Waals surface area contributed by atoms with E-state index in [1.165, 1.54) is 12.1 Å². The molecule has 0 spiro atoms. The van der Waals surface area contributed by atoms with Crippen LogP contribution in [0.5, 0.6) is 0 Å². The molecular formula is C12H12BrFN4. The molecule has 1 heterocycles. The van der Waals surface area contributed by atoms with Crippen molar-refractivity contribution in [1.29, 1.82) is 0 Å². The molecule has 2 N–H and O–H groups in total. The van der Waals surface area contributed by atoms with E-state index in [2.05, 4.69) is 25.9 Å². The van der Waals surface area contributed by atoms with Crippen molar-refractivity contribution in [3.05, 3.63) is 46.3 Å². The first-order chi connectivity index (χ1) is 8.56. The number of hydrogen-bond acceptors (Lipinski definition) is 4. The van der Waals surface area contributed by atoms with Crippen LogP contribution >= 0.6 is 15.9 Å². The van der Waals surface area contributed by atoms with Crippen molar-refractivity contribution in [2.75, 3.05) is 17.7 Å². The summed E-state index contributed by atoms with van der Waals surface area (Å²) in [5.74, 6) is 0.680. The van der Waals surface area contributed by atoms with Gasteiger partial charge >= 0.3 is 0 Å². The van der Waals surface area contributed by atoms with Gasteiger partial charge in [0.15, 0.2) is 0 Å². The fourth-order valence-electron chi connectivity index (χ4n) is 1.58. The Labute approximate surface area is 113 Å². The standard InChI is InChI=1S/C12H12BrFN4/c1-18(7-8-2-4-9(14)5-3-8)11-10(13)6-16-12(15)17-11/h2-6H,7H2,1H3,(H2,15,16,17). The zero-order chi connectivity index (χ0) is 13.1. The highest BCUT2D eigenvalue weighted by atomic mass is 79.9. The summed E-state index contributed by atoms with van der Waals surface area (Å²) < 4.78 is 13.6. The van der Waals surface area contributed by atoms with Crippen LogP contribution in [0.1, 0.15) is 5.56 Å². The van der Waals surface area contributed by atoms with Crippen molar-refractivity contribution in [3.8, 4) is 0 Å². The Kier molecular flexibility index (Phi) is 3.76. The molecule has 2 rings (SSSR count). The lowest BCUT2D eigenvalue weighted by Gasteiger charge is -2.19. The fourth-order valence-corrected chi connectivity index (χ4v) is 2.07. The van der Waals surface area contributed by atoms with E-state index >= 15 is 0 Å². The number of nitrogen functional groups attached to an aromatic ring is 1. The average molecular weight is 311 g/mol. The highest BCUT2D eigenvalue weighted by molar-refractivity contribution is 9.10. The Bertz CT molecular complexity index is 544.